The van der Waals surface area contributed by atoms with Crippen LogP contribution >= 0.6 is 11.6 Å². The molecule has 20 heavy (non-hydrogen) atoms. The lowest BCUT2D eigenvalue weighted by Gasteiger charge is -2.25. The van der Waals surface area contributed by atoms with E-state index in [1.807, 2.05) is 32.0 Å². The molecule has 0 aliphatic rings. The SMILES string of the molecule is CC(C)(CCCl)NC(=O)Cc1ccc2ccccc2c1. The summed E-state index contributed by atoms with van der Waals surface area (Å²) in [5.74, 6) is 0.582. The number of alkyl halides is 1. The van der Waals surface area contributed by atoms with Crippen molar-refractivity contribution >= 4 is 28.3 Å². The average molecular weight is 290 g/mol. The number of carbonyl (C=O) groups is 1. The van der Waals surface area contributed by atoms with Crippen LogP contribution in [0.5, 0.6) is 0 Å². The van der Waals surface area contributed by atoms with Gasteiger partial charge in [0.05, 0.1) is 6.42 Å². The Bertz CT molecular complexity index is 607. The maximum atomic E-state index is 12.1. The Balaban J connectivity index is 2.06. The minimum Gasteiger partial charge on any atom is -0.351 e. The fourth-order valence-corrected chi connectivity index (χ4v) is 2.73. The van der Waals surface area contributed by atoms with E-state index >= 15 is 0 Å². The van der Waals surface area contributed by atoms with Crippen LogP contribution in [0.15, 0.2) is 42.5 Å². The molecule has 0 atom stereocenters. The third-order valence-corrected chi connectivity index (χ3v) is 3.56. The molecule has 0 radical (unpaired) electrons. The highest BCUT2D eigenvalue weighted by molar-refractivity contribution is 6.17. The fourth-order valence-electron chi connectivity index (χ4n) is 2.25. The molecular weight excluding hydrogens is 270 g/mol. The Hall–Kier alpha value is -1.54. The molecule has 0 unspecified atom stereocenters. The Morgan fingerprint density at radius 2 is 1.85 bits per heavy atom. The third kappa shape index (κ3) is 3.97. The minimum atomic E-state index is -0.254. The Morgan fingerprint density at radius 3 is 2.55 bits per heavy atom. The highest BCUT2D eigenvalue weighted by atomic mass is 35.5. The van der Waals surface area contributed by atoms with Gasteiger partial charge in [-0.2, -0.15) is 0 Å². The molecule has 0 saturated heterocycles. The predicted octanol–water partition coefficient (Wildman–Crippen LogP) is 3.91. The summed E-state index contributed by atoms with van der Waals surface area (Å²) in [6.07, 6.45) is 1.16. The summed E-state index contributed by atoms with van der Waals surface area (Å²) >= 11 is 5.74. The third-order valence-electron chi connectivity index (χ3n) is 3.38. The van der Waals surface area contributed by atoms with Gasteiger partial charge in [0.15, 0.2) is 0 Å². The van der Waals surface area contributed by atoms with Crippen molar-refractivity contribution in [3.63, 3.8) is 0 Å². The van der Waals surface area contributed by atoms with E-state index in [9.17, 15) is 4.79 Å². The summed E-state index contributed by atoms with van der Waals surface area (Å²) in [5.41, 5.74) is 0.776. The van der Waals surface area contributed by atoms with Crippen LogP contribution in [0.1, 0.15) is 25.8 Å². The summed E-state index contributed by atoms with van der Waals surface area (Å²) < 4.78 is 0. The first kappa shape index (κ1) is 14.9. The van der Waals surface area contributed by atoms with Gasteiger partial charge in [0.1, 0.15) is 0 Å². The van der Waals surface area contributed by atoms with Crippen LogP contribution in [-0.2, 0) is 11.2 Å². The van der Waals surface area contributed by atoms with E-state index in [2.05, 4.69) is 29.6 Å². The van der Waals surface area contributed by atoms with E-state index in [0.29, 0.717) is 12.3 Å². The van der Waals surface area contributed by atoms with Crippen molar-refractivity contribution in [2.75, 3.05) is 5.88 Å². The van der Waals surface area contributed by atoms with E-state index in [0.717, 1.165) is 17.4 Å². The van der Waals surface area contributed by atoms with Gasteiger partial charge in [-0.25, -0.2) is 0 Å². The molecule has 1 amide bonds. The standard InChI is InChI=1S/C17H20ClNO/c1-17(2,9-10-18)19-16(20)12-13-7-8-14-5-3-4-6-15(14)11-13/h3-8,11H,9-10,12H2,1-2H3,(H,19,20). The van der Waals surface area contributed by atoms with Gasteiger partial charge in [0, 0.05) is 11.4 Å². The first-order valence-corrected chi connectivity index (χ1v) is 7.38. The molecule has 0 spiro atoms. The first-order valence-electron chi connectivity index (χ1n) is 6.85. The van der Waals surface area contributed by atoms with Gasteiger partial charge in [-0.05, 0) is 36.6 Å². The van der Waals surface area contributed by atoms with Crippen LogP contribution in [0.2, 0.25) is 0 Å². The van der Waals surface area contributed by atoms with Gasteiger partial charge < -0.3 is 5.32 Å². The van der Waals surface area contributed by atoms with E-state index in [4.69, 9.17) is 11.6 Å². The molecule has 0 aliphatic carbocycles. The number of rotatable bonds is 5. The van der Waals surface area contributed by atoms with Gasteiger partial charge in [-0.15, -0.1) is 11.6 Å². The number of hydrogen-bond acceptors (Lipinski definition) is 1. The van der Waals surface area contributed by atoms with Crippen LogP contribution in [0.3, 0.4) is 0 Å². The number of amides is 1. The predicted molar refractivity (Wildman–Crippen MR) is 85.2 cm³/mol. The zero-order valence-corrected chi connectivity index (χ0v) is 12.7. The van der Waals surface area contributed by atoms with E-state index < -0.39 is 0 Å². The smallest absolute Gasteiger partial charge is 0.224 e. The van der Waals surface area contributed by atoms with Gasteiger partial charge in [-0.3, -0.25) is 4.79 Å². The highest BCUT2D eigenvalue weighted by Gasteiger charge is 2.19. The molecule has 0 bridgehead atoms. The molecule has 0 saturated carbocycles. The second-order valence-corrected chi connectivity index (χ2v) is 6.11. The lowest BCUT2D eigenvalue weighted by molar-refractivity contribution is -0.122. The van der Waals surface area contributed by atoms with Crippen molar-refractivity contribution in [3.8, 4) is 0 Å². The van der Waals surface area contributed by atoms with Crippen molar-refractivity contribution in [2.24, 2.45) is 0 Å². The zero-order valence-electron chi connectivity index (χ0n) is 11.9. The summed E-state index contributed by atoms with van der Waals surface area (Å²) in [7, 11) is 0. The van der Waals surface area contributed by atoms with Crippen molar-refractivity contribution < 1.29 is 4.79 Å². The summed E-state index contributed by atoms with van der Waals surface area (Å²) in [4.78, 5) is 12.1. The molecule has 2 rings (SSSR count). The fraction of sp³-hybridized carbons (Fsp3) is 0.353. The van der Waals surface area contributed by atoms with Crippen molar-refractivity contribution in [2.45, 2.75) is 32.2 Å². The minimum absolute atomic E-state index is 0.0374. The van der Waals surface area contributed by atoms with Gasteiger partial charge in [-0.1, -0.05) is 42.5 Å². The number of carbonyl (C=O) groups excluding carboxylic acids is 1. The van der Waals surface area contributed by atoms with E-state index in [-0.39, 0.29) is 11.4 Å². The van der Waals surface area contributed by atoms with Crippen molar-refractivity contribution in [3.05, 3.63) is 48.0 Å². The monoisotopic (exact) mass is 289 g/mol. The molecule has 2 aromatic carbocycles. The number of fused-ring (bicyclic) bond motifs is 1. The Labute approximate surface area is 125 Å². The molecule has 1 N–H and O–H groups in total. The van der Waals surface area contributed by atoms with Crippen molar-refractivity contribution in [1.82, 2.24) is 5.32 Å². The molecule has 3 heteroatoms. The zero-order chi connectivity index (χ0) is 14.6. The topological polar surface area (TPSA) is 29.1 Å². The van der Waals surface area contributed by atoms with Crippen LogP contribution in [0.25, 0.3) is 10.8 Å². The summed E-state index contributed by atoms with van der Waals surface area (Å²) in [5, 5.41) is 5.39. The van der Waals surface area contributed by atoms with E-state index in [1.54, 1.807) is 0 Å². The quantitative estimate of drug-likeness (QED) is 0.831. The van der Waals surface area contributed by atoms with Gasteiger partial charge in [0.2, 0.25) is 5.91 Å². The normalized spacial score (nSPS) is 11.6. The second-order valence-electron chi connectivity index (χ2n) is 5.73. The van der Waals surface area contributed by atoms with Crippen LogP contribution in [-0.4, -0.2) is 17.3 Å². The molecule has 0 heterocycles. The Kier molecular flexibility index (Phi) is 4.66. The maximum absolute atomic E-state index is 12.1. The first-order chi connectivity index (χ1) is 9.50. The molecule has 2 aromatic rings. The number of nitrogens with one attached hydrogen (secondary N) is 1. The van der Waals surface area contributed by atoms with Crippen LogP contribution in [0, 0.1) is 0 Å². The molecular formula is C17H20ClNO. The molecule has 0 aliphatic heterocycles. The van der Waals surface area contributed by atoms with Crippen LogP contribution < -0.4 is 5.32 Å². The Morgan fingerprint density at radius 1 is 1.15 bits per heavy atom. The van der Waals surface area contributed by atoms with E-state index in [1.165, 1.54) is 5.39 Å². The second kappa shape index (κ2) is 6.27. The molecule has 0 fully saturated rings. The largest absolute Gasteiger partial charge is 0.351 e. The number of hydrogen-bond donors (Lipinski definition) is 1. The summed E-state index contributed by atoms with van der Waals surface area (Å²) in [6.45, 7) is 3.99. The van der Waals surface area contributed by atoms with Gasteiger partial charge >= 0.3 is 0 Å². The lowest BCUT2D eigenvalue weighted by atomic mass is 10.0. The lowest BCUT2D eigenvalue weighted by Crippen LogP contribution is -2.44. The highest BCUT2D eigenvalue weighted by Crippen LogP contribution is 2.16. The van der Waals surface area contributed by atoms with Gasteiger partial charge in [0.25, 0.3) is 0 Å². The maximum Gasteiger partial charge on any atom is 0.224 e. The number of benzene rings is 2. The molecule has 0 aromatic heterocycles. The number of halogens is 1. The summed E-state index contributed by atoms with van der Waals surface area (Å²) in [6, 6.07) is 14.3. The molecule has 2 nitrogen and oxygen atoms in total. The average Bonchev–Trinajstić information content (AvgIpc) is 2.37. The molecule has 106 valence electrons. The van der Waals surface area contributed by atoms with Crippen LogP contribution in [0.4, 0.5) is 0 Å². The van der Waals surface area contributed by atoms with Crippen molar-refractivity contribution in [1.29, 1.82) is 0 Å².